The van der Waals surface area contributed by atoms with E-state index in [4.69, 9.17) is 9.52 Å². The molecular formula is C12H16N2O4. The van der Waals surface area contributed by atoms with Gasteiger partial charge in [-0.15, -0.1) is 0 Å². The topological polar surface area (TPSA) is 82.8 Å². The summed E-state index contributed by atoms with van der Waals surface area (Å²) in [5.74, 6) is -1.28. The van der Waals surface area contributed by atoms with Gasteiger partial charge in [0.25, 0.3) is 0 Å². The van der Waals surface area contributed by atoms with Crippen molar-refractivity contribution in [2.45, 2.75) is 19.4 Å². The number of carbonyl (C=O) groups is 2. The zero-order chi connectivity index (χ0) is 13.0. The maximum Gasteiger partial charge on any atom is 0.317 e. The van der Waals surface area contributed by atoms with E-state index in [9.17, 15) is 9.59 Å². The van der Waals surface area contributed by atoms with Crippen LogP contribution in [0.3, 0.4) is 0 Å². The molecule has 0 unspecified atom stereocenters. The molecule has 0 bridgehead atoms. The molecule has 1 aromatic heterocycles. The molecule has 18 heavy (non-hydrogen) atoms. The lowest BCUT2D eigenvalue weighted by molar-refractivity contribution is -0.143. The number of amides is 2. The number of carboxylic acids is 1. The molecule has 2 rings (SSSR count). The zero-order valence-corrected chi connectivity index (χ0v) is 9.96. The third-order valence-corrected chi connectivity index (χ3v) is 3.08. The maximum atomic E-state index is 11.9. The molecule has 2 heterocycles. The summed E-state index contributed by atoms with van der Waals surface area (Å²) in [4.78, 5) is 24.3. The molecule has 0 spiro atoms. The van der Waals surface area contributed by atoms with Crippen LogP contribution < -0.4 is 5.32 Å². The van der Waals surface area contributed by atoms with Crippen molar-refractivity contribution in [3.05, 3.63) is 24.2 Å². The molecule has 0 radical (unpaired) electrons. The number of aliphatic carboxylic acids is 1. The lowest BCUT2D eigenvalue weighted by atomic mass is 9.99. The van der Waals surface area contributed by atoms with Crippen molar-refractivity contribution in [2.24, 2.45) is 5.92 Å². The molecule has 1 aliphatic heterocycles. The van der Waals surface area contributed by atoms with Crippen LogP contribution in [0.5, 0.6) is 0 Å². The molecule has 6 nitrogen and oxygen atoms in total. The average molecular weight is 252 g/mol. The number of carbonyl (C=O) groups excluding carboxylic acids is 1. The van der Waals surface area contributed by atoms with Crippen molar-refractivity contribution in [1.82, 2.24) is 10.2 Å². The number of nitrogens with one attached hydrogen (secondary N) is 1. The fourth-order valence-corrected chi connectivity index (χ4v) is 2.05. The van der Waals surface area contributed by atoms with Crippen LogP contribution in [0.2, 0.25) is 0 Å². The monoisotopic (exact) mass is 252 g/mol. The van der Waals surface area contributed by atoms with E-state index in [1.54, 1.807) is 23.5 Å². The van der Waals surface area contributed by atoms with Gasteiger partial charge in [-0.3, -0.25) is 4.79 Å². The summed E-state index contributed by atoms with van der Waals surface area (Å²) in [5, 5.41) is 11.7. The number of likely N-dealkylation sites (tertiary alicyclic amines) is 1. The predicted molar refractivity (Wildman–Crippen MR) is 62.9 cm³/mol. The summed E-state index contributed by atoms with van der Waals surface area (Å²) in [5.41, 5.74) is 0.884. The standard InChI is InChI=1S/C12H16N2O4/c15-11(16)10-2-1-4-14(7-10)12(17)13-6-9-3-5-18-8-9/h3,5,8,10H,1-2,4,6-7H2,(H,13,17)(H,15,16)/t10-/m0/s1. The van der Waals surface area contributed by atoms with Crippen LogP contribution in [0.25, 0.3) is 0 Å². The van der Waals surface area contributed by atoms with Crippen molar-refractivity contribution in [3.8, 4) is 0 Å². The Balaban J connectivity index is 1.83. The largest absolute Gasteiger partial charge is 0.481 e. The van der Waals surface area contributed by atoms with Gasteiger partial charge in [-0.1, -0.05) is 0 Å². The van der Waals surface area contributed by atoms with Crippen molar-refractivity contribution in [3.63, 3.8) is 0 Å². The lowest BCUT2D eigenvalue weighted by Gasteiger charge is -2.30. The first-order chi connectivity index (χ1) is 8.66. The highest BCUT2D eigenvalue weighted by Crippen LogP contribution is 2.16. The van der Waals surface area contributed by atoms with Crippen molar-refractivity contribution in [2.75, 3.05) is 13.1 Å². The van der Waals surface area contributed by atoms with E-state index >= 15 is 0 Å². The first-order valence-electron chi connectivity index (χ1n) is 5.93. The highest BCUT2D eigenvalue weighted by Gasteiger charge is 2.27. The van der Waals surface area contributed by atoms with Gasteiger partial charge in [0.1, 0.15) is 0 Å². The number of hydrogen-bond donors (Lipinski definition) is 2. The third-order valence-electron chi connectivity index (χ3n) is 3.08. The number of carboxylic acid groups (broad SMARTS) is 1. The second-order valence-corrected chi connectivity index (χ2v) is 4.41. The number of urea groups is 1. The number of nitrogens with zero attached hydrogens (tertiary/aromatic N) is 1. The van der Waals surface area contributed by atoms with E-state index in [2.05, 4.69) is 5.32 Å². The minimum absolute atomic E-state index is 0.220. The Kier molecular flexibility index (Phi) is 3.86. The lowest BCUT2D eigenvalue weighted by Crippen LogP contribution is -2.46. The van der Waals surface area contributed by atoms with Crippen LogP contribution >= 0.6 is 0 Å². The second kappa shape index (κ2) is 5.57. The zero-order valence-electron chi connectivity index (χ0n) is 9.96. The molecule has 6 heteroatoms. The van der Waals surface area contributed by atoms with Gasteiger partial charge in [-0.25, -0.2) is 4.79 Å². The Labute approximate surface area is 105 Å². The van der Waals surface area contributed by atoms with Gasteiger partial charge in [0, 0.05) is 25.2 Å². The van der Waals surface area contributed by atoms with E-state index in [0.717, 1.165) is 12.0 Å². The number of piperidine rings is 1. The second-order valence-electron chi connectivity index (χ2n) is 4.41. The van der Waals surface area contributed by atoms with Crippen molar-refractivity contribution >= 4 is 12.0 Å². The van der Waals surface area contributed by atoms with Crippen molar-refractivity contribution < 1.29 is 19.1 Å². The third kappa shape index (κ3) is 3.03. The molecule has 2 N–H and O–H groups in total. The van der Waals surface area contributed by atoms with Crippen LogP contribution in [0.15, 0.2) is 23.0 Å². The minimum atomic E-state index is -0.831. The smallest absolute Gasteiger partial charge is 0.317 e. The fourth-order valence-electron chi connectivity index (χ4n) is 2.05. The molecule has 0 saturated carbocycles. The summed E-state index contributed by atoms with van der Waals surface area (Å²) >= 11 is 0. The molecule has 98 valence electrons. The average Bonchev–Trinajstić information content (AvgIpc) is 2.89. The number of furan rings is 1. The van der Waals surface area contributed by atoms with Gasteiger partial charge in [0.2, 0.25) is 0 Å². The molecule has 2 amide bonds. The van der Waals surface area contributed by atoms with Crippen LogP contribution in [0.1, 0.15) is 18.4 Å². The summed E-state index contributed by atoms with van der Waals surface area (Å²) in [6.07, 6.45) is 4.48. The summed E-state index contributed by atoms with van der Waals surface area (Å²) in [6.45, 7) is 1.29. The Morgan fingerprint density at radius 1 is 1.56 bits per heavy atom. The van der Waals surface area contributed by atoms with E-state index in [0.29, 0.717) is 19.5 Å². The first-order valence-corrected chi connectivity index (χ1v) is 5.93. The minimum Gasteiger partial charge on any atom is -0.481 e. The molecule has 1 aliphatic rings. The van der Waals surface area contributed by atoms with Gasteiger partial charge in [0.05, 0.1) is 18.4 Å². The predicted octanol–water partition coefficient (Wildman–Crippen LogP) is 1.29. The quantitative estimate of drug-likeness (QED) is 0.849. The highest BCUT2D eigenvalue weighted by atomic mass is 16.4. The molecule has 1 fully saturated rings. The van der Waals surface area contributed by atoms with Gasteiger partial charge in [-0.2, -0.15) is 0 Å². The summed E-state index contributed by atoms with van der Waals surface area (Å²) in [7, 11) is 0. The van der Waals surface area contributed by atoms with E-state index in [-0.39, 0.29) is 12.6 Å². The Morgan fingerprint density at radius 2 is 2.39 bits per heavy atom. The van der Waals surface area contributed by atoms with Crippen molar-refractivity contribution in [1.29, 1.82) is 0 Å². The van der Waals surface area contributed by atoms with E-state index < -0.39 is 11.9 Å². The maximum absolute atomic E-state index is 11.9. The normalized spacial score (nSPS) is 19.6. The first kappa shape index (κ1) is 12.5. The molecule has 1 saturated heterocycles. The Bertz CT molecular complexity index is 416. The van der Waals surface area contributed by atoms with Crippen LogP contribution in [0, 0.1) is 5.92 Å². The molecule has 1 atom stereocenters. The SMILES string of the molecule is O=C(O)[C@H]1CCCN(C(=O)NCc2ccoc2)C1. The Hall–Kier alpha value is -1.98. The van der Waals surface area contributed by atoms with Gasteiger partial charge in [0.15, 0.2) is 0 Å². The molecule has 0 aromatic carbocycles. The van der Waals surface area contributed by atoms with Crippen LogP contribution in [-0.4, -0.2) is 35.1 Å². The van der Waals surface area contributed by atoms with Gasteiger partial charge < -0.3 is 19.7 Å². The highest BCUT2D eigenvalue weighted by molar-refractivity contribution is 5.76. The number of hydrogen-bond acceptors (Lipinski definition) is 3. The van der Waals surface area contributed by atoms with Crippen LogP contribution in [0.4, 0.5) is 4.79 Å². The van der Waals surface area contributed by atoms with Crippen LogP contribution in [-0.2, 0) is 11.3 Å². The molecule has 0 aliphatic carbocycles. The number of rotatable bonds is 3. The summed E-state index contributed by atoms with van der Waals surface area (Å²) in [6, 6.07) is 1.55. The fraction of sp³-hybridized carbons (Fsp3) is 0.500. The van der Waals surface area contributed by atoms with Gasteiger partial charge in [-0.05, 0) is 18.9 Å². The van der Waals surface area contributed by atoms with E-state index in [1.165, 1.54) is 0 Å². The summed E-state index contributed by atoms with van der Waals surface area (Å²) < 4.78 is 4.90. The Morgan fingerprint density at radius 3 is 3.06 bits per heavy atom. The molecular weight excluding hydrogens is 236 g/mol. The molecule has 1 aromatic rings. The van der Waals surface area contributed by atoms with E-state index in [1.807, 2.05) is 0 Å². The van der Waals surface area contributed by atoms with Gasteiger partial charge >= 0.3 is 12.0 Å².